The van der Waals surface area contributed by atoms with Crippen LogP contribution in [0, 0.1) is 0 Å². The number of para-hydroxylation sites is 2. The van der Waals surface area contributed by atoms with E-state index < -0.39 is 9.84 Å². The Morgan fingerprint density at radius 3 is 2.58 bits per heavy atom. The van der Waals surface area contributed by atoms with Crippen LogP contribution in [0.2, 0.25) is 5.02 Å². The molecule has 0 spiro atoms. The summed E-state index contributed by atoms with van der Waals surface area (Å²) in [6.45, 7) is 0.376. The molecule has 7 heteroatoms. The van der Waals surface area contributed by atoms with E-state index in [1.54, 1.807) is 15.9 Å². The number of benzene rings is 2. The molecule has 4 nitrogen and oxygen atoms in total. The maximum Gasteiger partial charge on any atom is 0.228 e. The molecule has 2 aromatic heterocycles. The fraction of sp³-hybridized carbons (Fsp3) is 0.118. The van der Waals surface area contributed by atoms with Gasteiger partial charge >= 0.3 is 0 Å². The highest BCUT2D eigenvalue weighted by atomic mass is 35.5. The summed E-state index contributed by atoms with van der Waals surface area (Å²) in [4.78, 5) is 5.22. The Balaban J connectivity index is 1.94. The normalized spacial score (nSPS) is 12.2. The Hall–Kier alpha value is -1.89. The van der Waals surface area contributed by atoms with Gasteiger partial charge in [-0.3, -0.25) is 0 Å². The van der Waals surface area contributed by atoms with Crippen molar-refractivity contribution in [2.45, 2.75) is 11.7 Å². The Morgan fingerprint density at radius 2 is 1.83 bits per heavy atom. The second-order valence-corrected chi connectivity index (χ2v) is 9.00. The lowest BCUT2D eigenvalue weighted by atomic mass is 10.2. The first-order valence-electron chi connectivity index (χ1n) is 7.26. The van der Waals surface area contributed by atoms with Crippen molar-refractivity contribution >= 4 is 53.9 Å². The average Bonchev–Trinajstić information content (AvgIpc) is 3.07. The molecule has 0 atom stereocenters. The minimum absolute atomic E-state index is 0.0669. The number of sulfone groups is 1. The molecule has 2 heterocycles. The number of hydrogen-bond acceptors (Lipinski definition) is 4. The second kappa shape index (κ2) is 5.58. The average molecular weight is 377 g/mol. The molecule has 4 rings (SSSR count). The van der Waals surface area contributed by atoms with Crippen LogP contribution in [0.1, 0.15) is 4.88 Å². The van der Waals surface area contributed by atoms with E-state index >= 15 is 0 Å². The van der Waals surface area contributed by atoms with Gasteiger partial charge in [-0.1, -0.05) is 41.9 Å². The Kier molecular flexibility index (Phi) is 3.63. The maximum atomic E-state index is 12.2. The van der Waals surface area contributed by atoms with Crippen molar-refractivity contribution in [1.82, 2.24) is 9.55 Å². The summed E-state index contributed by atoms with van der Waals surface area (Å²) in [5.41, 5.74) is 1.45. The van der Waals surface area contributed by atoms with Crippen molar-refractivity contribution < 1.29 is 8.42 Å². The highest BCUT2D eigenvalue weighted by Crippen LogP contribution is 2.36. The second-order valence-electron chi connectivity index (χ2n) is 5.58. The molecule has 0 amide bonds. The zero-order valence-electron chi connectivity index (χ0n) is 12.7. The van der Waals surface area contributed by atoms with Crippen LogP contribution < -0.4 is 0 Å². The summed E-state index contributed by atoms with van der Waals surface area (Å²) in [6, 6.07) is 15.3. The molecule has 0 saturated heterocycles. The standard InChI is InChI=1S/C17H13ClN2O2S2/c1-24(21,22)17-19-12-7-3-4-8-13(12)20(17)10-15-16(18)11-6-2-5-9-14(11)23-15/h2-9H,10H2,1H3. The van der Waals surface area contributed by atoms with Crippen molar-refractivity contribution in [1.29, 1.82) is 0 Å². The molecule has 4 aromatic rings. The summed E-state index contributed by atoms with van der Waals surface area (Å²) in [7, 11) is -3.44. The predicted octanol–water partition coefficient (Wildman–Crippen LogP) is 4.36. The van der Waals surface area contributed by atoms with Crippen molar-refractivity contribution in [3.63, 3.8) is 0 Å². The molecular weight excluding hydrogens is 364 g/mol. The van der Waals surface area contributed by atoms with Crippen LogP contribution in [0.4, 0.5) is 0 Å². The summed E-state index contributed by atoms with van der Waals surface area (Å²) < 4.78 is 27.1. The summed E-state index contributed by atoms with van der Waals surface area (Å²) in [5, 5.41) is 1.73. The smallest absolute Gasteiger partial charge is 0.228 e. The maximum absolute atomic E-state index is 12.2. The van der Waals surface area contributed by atoms with E-state index in [-0.39, 0.29) is 5.16 Å². The molecule has 122 valence electrons. The third-order valence-corrected chi connectivity index (χ3v) is 6.53. The van der Waals surface area contributed by atoms with Crippen molar-refractivity contribution in [3.8, 4) is 0 Å². The summed E-state index contributed by atoms with van der Waals surface area (Å²) >= 11 is 8.09. The summed E-state index contributed by atoms with van der Waals surface area (Å²) in [5.74, 6) is 0. The van der Waals surface area contributed by atoms with Gasteiger partial charge in [0.05, 0.1) is 22.6 Å². The van der Waals surface area contributed by atoms with Crippen LogP contribution in [0.25, 0.3) is 21.1 Å². The Morgan fingerprint density at radius 1 is 1.12 bits per heavy atom. The zero-order chi connectivity index (χ0) is 16.9. The first-order valence-corrected chi connectivity index (χ1v) is 10.3. The number of aromatic nitrogens is 2. The molecule has 0 aliphatic heterocycles. The van der Waals surface area contributed by atoms with Gasteiger partial charge in [-0.15, -0.1) is 11.3 Å². The van der Waals surface area contributed by atoms with E-state index in [0.29, 0.717) is 17.1 Å². The van der Waals surface area contributed by atoms with Gasteiger partial charge in [0.15, 0.2) is 0 Å². The Labute approximate surface area is 148 Å². The lowest BCUT2D eigenvalue weighted by Gasteiger charge is -2.07. The van der Waals surface area contributed by atoms with Crippen LogP contribution in [0.15, 0.2) is 53.7 Å². The fourth-order valence-corrected chi connectivity index (χ4v) is 5.11. The first kappa shape index (κ1) is 15.6. The number of rotatable bonds is 3. The SMILES string of the molecule is CS(=O)(=O)c1nc2ccccc2n1Cc1sc2ccccc2c1Cl. The van der Waals surface area contributed by atoms with Crippen molar-refractivity contribution in [2.75, 3.05) is 6.26 Å². The van der Waals surface area contributed by atoms with E-state index in [0.717, 1.165) is 20.5 Å². The van der Waals surface area contributed by atoms with E-state index in [1.165, 1.54) is 6.26 Å². The van der Waals surface area contributed by atoms with Crippen LogP contribution in [0.3, 0.4) is 0 Å². The molecule has 0 N–H and O–H groups in total. The third-order valence-electron chi connectivity index (χ3n) is 3.85. The van der Waals surface area contributed by atoms with E-state index in [9.17, 15) is 8.42 Å². The monoisotopic (exact) mass is 376 g/mol. The molecular formula is C17H13ClN2O2S2. The number of imidazole rings is 1. The lowest BCUT2D eigenvalue weighted by molar-refractivity contribution is 0.582. The third kappa shape index (κ3) is 2.51. The van der Waals surface area contributed by atoms with Gasteiger partial charge < -0.3 is 4.57 Å². The van der Waals surface area contributed by atoms with Gasteiger partial charge in [-0.05, 0) is 18.2 Å². The van der Waals surface area contributed by atoms with Crippen LogP contribution in [-0.4, -0.2) is 24.2 Å². The van der Waals surface area contributed by atoms with Crippen LogP contribution >= 0.6 is 22.9 Å². The number of hydrogen-bond donors (Lipinski definition) is 0. The molecule has 0 bridgehead atoms. The van der Waals surface area contributed by atoms with Crippen LogP contribution in [-0.2, 0) is 16.4 Å². The first-order chi connectivity index (χ1) is 11.4. The highest BCUT2D eigenvalue weighted by Gasteiger charge is 2.21. The molecule has 0 radical (unpaired) electrons. The zero-order valence-corrected chi connectivity index (χ0v) is 15.1. The number of halogens is 1. The number of fused-ring (bicyclic) bond motifs is 2. The number of nitrogens with zero attached hydrogens (tertiary/aromatic N) is 2. The van der Waals surface area contributed by atoms with Crippen LogP contribution in [0.5, 0.6) is 0 Å². The van der Waals surface area contributed by atoms with Gasteiger partial charge in [0.25, 0.3) is 0 Å². The topological polar surface area (TPSA) is 52.0 Å². The van der Waals surface area contributed by atoms with Crippen molar-refractivity contribution in [2.24, 2.45) is 0 Å². The number of thiophene rings is 1. The molecule has 0 fully saturated rings. The van der Waals surface area contributed by atoms with E-state index in [1.807, 2.05) is 48.5 Å². The quantitative estimate of drug-likeness (QED) is 0.534. The molecule has 0 saturated carbocycles. The lowest BCUT2D eigenvalue weighted by Crippen LogP contribution is -2.09. The fourth-order valence-electron chi connectivity index (χ4n) is 2.80. The summed E-state index contributed by atoms with van der Waals surface area (Å²) in [6.07, 6.45) is 1.18. The molecule has 24 heavy (non-hydrogen) atoms. The Bertz CT molecular complexity index is 1180. The minimum atomic E-state index is -3.44. The van der Waals surface area contributed by atoms with E-state index in [4.69, 9.17) is 11.6 Å². The molecule has 0 aliphatic carbocycles. The minimum Gasteiger partial charge on any atom is -0.309 e. The van der Waals surface area contributed by atoms with Crippen molar-refractivity contribution in [3.05, 3.63) is 58.4 Å². The van der Waals surface area contributed by atoms with Gasteiger partial charge in [0.1, 0.15) is 0 Å². The van der Waals surface area contributed by atoms with E-state index in [2.05, 4.69) is 4.98 Å². The molecule has 0 aliphatic rings. The van der Waals surface area contributed by atoms with Gasteiger partial charge in [0.2, 0.25) is 15.0 Å². The predicted molar refractivity (Wildman–Crippen MR) is 98.8 cm³/mol. The largest absolute Gasteiger partial charge is 0.309 e. The molecule has 2 aromatic carbocycles. The van der Waals surface area contributed by atoms with Gasteiger partial charge in [-0.2, -0.15) is 0 Å². The van der Waals surface area contributed by atoms with Gasteiger partial charge in [-0.25, -0.2) is 13.4 Å². The van der Waals surface area contributed by atoms with Gasteiger partial charge in [0, 0.05) is 21.2 Å². The molecule has 0 unspecified atom stereocenters. The highest BCUT2D eigenvalue weighted by molar-refractivity contribution is 7.90.